The highest BCUT2D eigenvalue weighted by Crippen LogP contribution is 2.52. The molecule has 0 saturated heterocycles. The summed E-state index contributed by atoms with van der Waals surface area (Å²) in [6.45, 7) is 2.75. The van der Waals surface area contributed by atoms with Gasteiger partial charge in [-0.2, -0.15) is 9.97 Å². The minimum Gasteiger partial charge on any atom is -0.339 e. The number of hydrogen-bond donors (Lipinski definition) is 1. The molecule has 0 spiro atoms. The number of nitrogens with zero attached hydrogens (tertiary/aromatic N) is 5. The maximum Gasteiger partial charge on any atom is 0.332 e. The van der Waals surface area contributed by atoms with Crippen molar-refractivity contribution in [3.63, 3.8) is 0 Å². The molecule has 5 rings (SSSR count). The minimum absolute atomic E-state index is 0.0929. The van der Waals surface area contributed by atoms with E-state index in [1.54, 1.807) is 0 Å². The summed E-state index contributed by atoms with van der Waals surface area (Å²) in [5, 5.41) is 4.32. The summed E-state index contributed by atoms with van der Waals surface area (Å²) in [6.07, 6.45) is 4.68. The lowest BCUT2D eigenvalue weighted by Crippen LogP contribution is -2.40. The molecular formula is C23H25ClN6O3. The summed E-state index contributed by atoms with van der Waals surface area (Å²) in [5.41, 5.74) is 0.790. The van der Waals surface area contributed by atoms with E-state index >= 15 is 0 Å². The Morgan fingerprint density at radius 2 is 1.85 bits per heavy atom. The first-order chi connectivity index (χ1) is 16.0. The normalized spacial score (nSPS) is 14.7. The van der Waals surface area contributed by atoms with E-state index < -0.39 is 5.56 Å². The van der Waals surface area contributed by atoms with E-state index in [0.29, 0.717) is 36.7 Å². The summed E-state index contributed by atoms with van der Waals surface area (Å²) in [4.78, 5) is 37.5. The van der Waals surface area contributed by atoms with Crippen molar-refractivity contribution in [2.24, 2.45) is 0 Å². The Balaban J connectivity index is 1.34. The lowest BCUT2D eigenvalue weighted by molar-refractivity contribution is 0.364. The molecule has 4 aromatic rings. The van der Waals surface area contributed by atoms with Gasteiger partial charge in [-0.15, -0.1) is 0 Å². The number of H-pyrrole nitrogens is 1. The maximum atomic E-state index is 13.0. The fourth-order valence-electron chi connectivity index (χ4n) is 4.32. The number of aryl methyl sites for hydroxylation is 2. The van der Waals surface area contributed by atoms with Crippen molar-refractivity contribution >= 4 is 22.8 Å². The van der Waals surface area contributed by atoms with Gasteiger partial charge in [-0.25, -0.2) is 4.79 Å². The number of hydrogen-bond acceptors (Lipinski definition) is 6. The molecule has 0 amide bonds. The van der Waals surface area contributed by atoms with Crippen molar-refractivity contribution < 1.29 is 4.52 Å². The highest BCUT2D eigenvalue weighted by atomic mass is 35.5. The zero-order valence-electron chi connectivity index (χ0n) is 18.4. The smallest absolute Gasteiger partial charge is 0.332 e. The molecule has 3 heterocycles. The molecule has 0 unspecified atom stereocenters. The molecule has 1 aromatic carbocycles. The Morgan fingerprint density at radius 3 is 2.58 bits per heavy atom. The number of nitrogens with one attached hydrogen (secondary N) is 1. The zero-order chi connectivity index (χ0) is 23.0. The van der Waals surface area contributed by atoms with Crippen LogP contribution in [0.4, 0.5) is 0 Å². The Labute approximate surface area is 194 Å². The fourth-order valence-corrected chi connectivity index (χ4v) is 4.49. The molecule has 0 radical (unpaired) electrons. The molecule has 33 heavy (non-hydrogen) atoms. The lowest BCUT2D eigenvalue weighted by Gasteiger charge is -2.10. The van der Waals surface area contributed by atoms with Crippen LogP contribution < -0.4 is 11.2 Å². The van der Waals surface area contributed by atoms with E-state index in [-0.39, 0.29) is 28.4 Å². The van der Waals surface area contributed by atoms with Crippen LogP contribution in [0.25, 0.3) is 11.2 Å². The largest absolute Gasteiger partial charge is 0.339 e. The van der Waals surface area contributed by atoms with E-state index in [1.807, 2.05) is 25.1 Å². The molecule has 1 fully saturated rings. The zero-order valence-corrected chi connectivity index (χ0v) is 19.1. The number of aromatic nitrogens is 6. The molecule has 1 aliphatic rings. The van der Waals surface area contributed by atoms with Gasteiger partial charge >= 0.3 is 5.69 Å². The van der Waals surface area contributed by atoms with Crippen LogP contribution in [-0.2, 0) is 24.9 Å². The molecule has 0 aliphatic heterocycles. The van der Waals surface area contributed by atoms with Gasteiger partial charge in [0.1, 0.15) is 0 Å². The van der Waals surface area contributed by atoms with Crippen LogP contribution >= 0.6 is 11.6 Å². The van der Waals surface area contributed by atoms with E-state index in [9.17, 15) is 9.59 Å². The molecule has 172 valence electrons. The van der Waals surface area contributed by atoms with Crippen LogP contribution in [0.5, 0.6) is 0 Å². The van der Waals surface area contributed by atoms with Gasteiger partial charge in [-0.1, -0.05) is 48.8 Å². The molecule has 0 atom stereocenters. The number of benzene rings is 1. The average molecular weight is 469 g/mol. The second-order valence-electron chi connectivity index (χ2n) is 8.53. The van der Waals surface area contributed by atoms with Gasteiger partial charge in [-0.3, -0.25) is 13.9 Å². The van der Waals surface area contributed by atoms with E-state index in [1.165, 1.54) is 14.7 Å². The Morgan fingerprint density at radius 1 is 1.09 bits per heavy atom. The highest BCUT2D eigenvalue weighted by Gasteiger charge is 2.49. The van der Waals surface area contributed by atoms with Crippen LogP contribution in [0, 0.1) is 0 Å². The van der Waals surface area contributed by atoms with Gasteiger partial charge in [0, 0.05) is 19.5 Å². The number of imidazole rings is 1. The number of rotatable bonds is 9. The third-order valence-corrected chi connectivity index (χ3v) is 6.49. The topological polar surface area (TPSA) is 112 Å². The second kappa shape index (κ2) is 8.62. The molecule has 10 heteroatoms. The van der Waals surface area contributed by atoms with Gasteiger partial charge < -0.3 is 9.51 Å². The Kier molecular flexibility index (Phi) is 5.65. The fraction of sp³-hybridized carbons (Fsp3) is 0.435. The SMILES string of the molecule is CCCCn1c(=O)n(CCCc2nc(C3(c4ccccc4)CC3)no2)c(=O)c2[nH]c(Cl)nc21. The molecule has 1 aliphatic carbocycles. The lowest BCUT2D eigenvalue weighted by atomic mass is 9.95. The van der Waals surface area contributed by atoms with Crippen molar-refractivity contribution in [1.29, 1.82) is 0 Å². The number of unbranched alkanes of at least 4 members (excludes halogenated alkanes) is 1. The van der Waals surface area contributed by atoms with Crippen molar-refractivity contribution in [2.75, 3.05) is 0 Å². The van der Waals surface area contributed by atoms with E-state index in [4.69, 9.17) is 16.1 Å². The Bertz CT molecular complexity index is 1400. The second-order valence-corrected chi connectivity index (χ2v) is 8.89. The first-order valence-electron chi connectivity index (χ1n) is 11.3. The molecule has 1 N–H and O–H groups in total. The third kappa shape index (κ3) is 3.90. The molecule has 9 nitrogen and oxygen atoms in total. The number of fused-ring (bicyclic) bond motifs is 1. The van der Waals surface area contributed by atoms with Crippen LogP contribution in [-0.4, -0.2) is 29.2 Å². The van der Waals surface area contributed by atoms with Crippen LogP contribution in [0.2, 0.25) is 5.28 Å². The monoisotopic (exact) mass is 468 g/mol. The van der Waals surface area contributed by atoms with Gasteiger partial charge in [-0.05, 0) is 42.8 Å². The van der Waals surface area contributed by atoms with Crippen molar-refractivity contribution in [2.45, 2.75) is 64.0 Å². The van der Waals surface area contributed by atoms with Gasteiger partial charge in [0.05, 0.1) is 5.41 Å². The standard InChI is InChI=1S/C23H25ClN6O3/c1-2-3-13-29-18-17(26-21(24)27-18)19(31)30(22(29)32)14-7-10-16-25-20(28-33-16)23(11-12-23)15-8-5-4-6-9-15/h4-6,8-9H,2-3,7,10-14H2,1H3,(H,26,27). The summed E-state index contributed by atoms with van der Waals surface area (Å²) in [7, 11) is 0. The molecule has 1 saturated carbocycles. The Hall–Kier alpha value is -3.20. The maximum absolute atomic E-state index is 13.0. The predicted molar refractivity (Wildman–Crippen MR) is 124 cm³/mol. The summed E-state index contributed by atoms with van der Waals surface area (Å²) < 4.78 is 8.25. The van der Waals surface area contributed by atoms with Gasteiger partial charge in [0.25, 0.3) is 5.56 Å². The minimum atomic E-state index is -0.422. The molecular weight excluding hydrogens is 444 g/mol. The predicted octanol–water partition coefficient (Wildman–Crippen LogP) is 3.44. The van der Waals surface area contributed by atoms with E-state index in [0.717, 1.165) is 25.7 Å². The first kappa shape index (κ1) is 21.6. The van der Waals surface area contributed by atoms with Crippen molar-refractivity contribution in [1.82, 2.24) is 29.2 Å². The van der Waals surface area contributed by atoms with Gasteiger partial charge in [0.2, 0.25) is 11.2 Å². The number of halogens is 1. The number of aromatic amines is 1. The first-order valence-corrected chi connectivity index (χ1v) is 11.7. The third-order valence-electron chi connectivity index (χ3n) is 6.31. The van der Waals surface area contributed by atoms with Crippen molar-refractivity contribution in [3.05, 3.63) is 73.7 Å². The van der Waals surface area contributed by atoms with E-state index in [2.05, 4.69) is 32.2 Å². The summed E-state index contributed by atoms with van der Waals surface area (Å²) in [6, 6.07) is 10.2. The quantitative estimate of drug-likeness (QED) is 0.376. The average Bonchev–Trinajstić information content (AvgIpc) is 3.33. The van der Waals surface area contributed by atoms with Crippen molar-refractivity contribution in [3.8, 4) is 0 Å². The van der Waals surface area contributed by atoms with Crippen LogP contribution in [0.3, 0.4) is 0 Å². The van der Waals surface area contributed by atoms with Crippen LogP contribution in [0.15, 0.2) is 44.4 Å². The molecule has 0 bridgehead atoms. The molecule has 3 aromatic heterocycles. The summed E-state index contributed by atoms with van der Waals surface area (Å²) in [5.74, 6) is 1.22. The highest BCUT2D eigenvalue weighted by molar-refractivity contribution is 6.28. The van der Waals surface area contributed by atoms with Gasteiger partial charge in [0.15, 0.2) is 17.0 Å². The van der Waals surface area contributed by atoms with Crippen LogP contribution in [0.1, 0.15) is 56.3 Å². The summed E-state index contributed by atoms with van der Waals surface area (Å²) >= 11 is 5.98.